The Morgan fingerprint density at radius 1 is 1.12 bits per heavy atom. The summed E-state index contributed by atoms with van der Waals surface area (Å²) in [7, 11) is 1.69. The number of likely N-dealkylation sites (tertiary alicyclic amines) is 1. The molecule has 3 aliphatic heterocycles. The van der Waals surface area contributed by atoms with Crippen molar-refractivity contribution in [2.24, 2.45) is 5.92 Å². The average Bonchev–Trinajstić information content (AvgIpc) is 3.17. The van der Waals surface area contributed by atoms with Gasteiger partial charge in [0.05, 0.1) is 31.3 Å². The van der Waals surface area contributed by atoms with Crippen molar-refractivity contribution in [3.8, 4) is 5.75 Å². The van der Waals surface area contributed by atoms with Crippen molar-refractivity contribution in [2.45, 2.75) is 63.2 Å². The lowest BCUT2D eigenvalue weighted by Gasteiger charge is -2.34. The summed E-state index contributed by atoms with van der Waals surface area (Å²) in [6.07, 6.45) is 8.18. The highest BCUT2D eigenvalue weighted by Gasteiger charge is 2.46. The van der Waals surface area contributed by atoms with Gasteiger partial charge in [-0.3, -0.25) is 4.79 Å². The smallest absolute Gasteiger partial charge is 0.228 e. The number of methoxy groups -OCH3 is 1. The van der Waals surface area contributed by atoms with Crippen LogP contribution in [-0.2, 0) is 9.53 Å². The minimum atomic E-state index is 0.0857. The van der Waals surface area contributed by atoms with Gasteiger partial charge in [-0.2, -0.15) is 0 Å². The van der Waals surface area contributed by atoms with Crippen LogP contribution in [-0.4, -0.2) is 36.7 Å². The summed E-state index contributed by atoms with van der Waals surface area (Å²) in [5, 5.41) is 0. The molecule has 0 N–H and O–H groups in total. The lowest BCUT2D eigenvalue weighted by atomic mass is 9.87. The molecule has 130 valence electrons. The molecule has 0 radical (unpaired) electrons. The molecule has 0 aromatic heterocycles. The zero-order valence-corrected chi connectivity index (χ0v) is 14.4. The molecule has 1 aromatic rings. The second-order valence-electron chi connectivity index (χ2n) is 7.39. The molecule has 2 bridgehead atoms. The molecule has 3 heterocycles. The molecule has 0 aliphatic carbocycles. The van der Waals surface area contributed by atoms with Crippen molar-refractivity contribution in [1.29, 1.82) is 0 Å². The third kappa shape index (κ3) is 2.92. The van der Waals surface area contributed by atoms with E-state index in [0.717, 1.165) is 44.4 Å². The van der Waals surface area contributed by atoms with Crippen LogP contribution in [0.5, 0.6) is 5.75 Å². The maximum absolute atomic E-state index is 13.3. The first-order chi connectivity index (χ1) is 11.8. The fourth-order valence-corrected chi connectivity index (χ4v) is 4.66. The lowest BCUT2D eigenvalue weighted by molar-refractivity contribution is -0.139. The van der Waals surface area contributed by atoms with E-state index in [1.165, 1.54) is 18.4 Å². The number of ether oxygens (including phenoxy) is 2. The zero-order valence-electron chi connectivity index (χ0n) is 14.4. The molecule has 4 heteroatoms. The van der Waals surface area contributed by atoms with Gasteiger partial charge < -0.3 is 14.4 Å². The monoisotopic (exact) mass is 329 g/mol. The van der Waals surface area contributed by atoms with Gasteiger partial charge in [-0.15, -0.1) is 0 Å². The van der Waals surface area contributed by atoms with Gasteiger partial charge in [0.2, 0.25) is 5.91 Å². The predicted molar refractivity (Wildman–Crippen MR) is 91.9 cm³/mol. The first-order valence-corrected chi connectivity index (χ1v) is 9.36. The van der Waals surface area contributed by atoms with Gasteiger partial charge in [-0.05, 0) is 49.8 Å². The van der Waals surface area contributed by atoms with Crippen molar-refractivity contribution in [2.75, 3.05) is 13.7 Å². The van der Waals surface area contributed by atoms with Crippen molar-refractivity contribution >= 4 is 5.91 Å². The number of carbonyl (C=O) groups is 1. The first-order valence-electron chi connectivity index (χ1n) is 9.36. The number of hydrogen-bond acceptors (Lipinski definition) is 3. The molecular weight excluding hydrogens is 302 g/mol. The van der Waals surface area contributed by atoms with E-state index >= 15 is 0 Å². The van der Waals surface area contributed by atoms with Gasteiger partial charge in [-0.25, -0.2) is 0 Å². The van der Waals surface area contributed by atoms with Gasteiger partial charge >= 0.3 is 0 Å². The Labute approximate surface area is 144 Å². The maximum Gasteiger partial charge on any atom is 0.228 e. The molecule has 4 rings (SSSR count). The number of fused-ring (bicyclic) bond motifs is 2. The van der Waals surface area contributed by atoms with E-state index in [2.05, 4.69) is 17.0 Å². The molecule has 4 atom stereocenters. The quantitative estimate of drug-likeness (QED) is 0.848. The fourth-order valence-electron chi connectivity index (χ4n) is 4.66. The molecule has 3 fully saturated rings. The molecule has 4 nitrogen and oxygen atoms in total. The van der Waals surface area contributed by atoms with Crippen LogP contribution in [0.15, 0.2) is 24.3 Å². The van der Waals surface area contributed by atoms with E-state index in [1.54, 1.807) is 7.11 Å². The van der Waals surface area contributed by atoms with Crippen molar-refractivity contribution in [3.05, 3.63) is 29.8 Å². The topological polar surface area (TPSA) is 38.8 Å². The Kier molecular flexibility index (Phi) is 4.49. The summed E-state index contributed by atoms with van der Waals surface area (Å²) in [5.41, 5.74) is 1.23. The van der Waals surface area contributed by atoms with Gasteiger partial charge in [0, 0.05) is 6.54 Å². The van der Waals surface area contributed by atoms with Gasteiger partial charge in [-0.1, -0.05) is 25.0 Å². The zero-order chi connectivity index (χ0) is 16.5. The second-order valence-corrected chi connectivity index (χ2v) is 7.39. The van der Waals surface area contributed by atoms with Crippen molar-refractivity contribution in [1.82, 2.24) is 4.90 Å². The average molecular weight is 329 g/mol. The van der Waals surface area contributed by atoms with Crippen LogP contribution in [0.4, 0.5) is 0 Å². The third-order valence-corrected chi connectivity index (χ3v) is 5.96. The van der Waals surface area contributed by atoms with Gasteiger partial charge in [0.25, 0.3) is 0 Å². The molecule has 1 amide bonds. The highest BCUT2D eigenvalue weighted by Crippen LogP contribution is 2.41. The second kappa shape index (κ2) is 6.75. The summed E-state index contributed by atoms with van der Waals surface area (Å²) in [6.45, 7) is 0.878. The van der Waals surface area contributed by atoms with E-state index in [1.807, 2.05) is 12.1 Å². The number of amides is 1. The normalized spacial score (nSPS) is 32.6. The summed E-state index contributed by atoms with van der Waals surface area (Å²) in [5.74, 6) is 1.28. The van der Waals surface area contributed by atoms with E-state index in [0.29, 0.717) is 12.0 Å². The summed E-state index contributed by atoms with van der Waals surface area (Å²) >= 11 is 0. The minimum absolute atomic E-state index is 0.0857. The lowest BCUT2D eigenvalue weighted by Crippen LogP contribution is -2.42. The summed E-state index contributed by atoms with van der Waals surface area (Å²) in [6, 6.07) is 8.44. The molecule has 24 heavy (non-hydrogen) atoms. The highest BCUT2D eigenvalue weighted by molar-refractivity contribution is 5.80. The molecule has 0 spiro atoms. The Morgan fingerprint density at radius 3 is 2.62 bits per heavy atom. The van der Waals surface area contributed by atoms with Crippen LogP contribution in [0.25, 0.3) is 0 Å². The van der Waals surface area contributed by atoms with Crippen LogP contribution in [0.3, 0.4) is 0 Å². The van der Waals surface area contributed by atoms with Crippen molar-refractivity contribution in [3.63, 3.8) is 0 Å². The van der Waals surface area contributed by atoms with E-state index < -0.39 is 0 Å². The number of benzene rings is 1. The summed E-state index contributed by atoms with van der Waals surface area (Å²) in [4.78, 5) is 15.4. The molecule has 3 aliphatic rings. The third-order valence-electron chi connectivity index (χ3n) is 5.96. The van der Waals surface area contributed by atoms with Gasteiger partial charge in [0.15, 0.2) is 0 Å². The first kappa shape index (κ1) is 15.9. The Hall–Kier alpha value is -1.55. The summed E-state index contributed by atoms with van der Waals surface area (Å²) < 4.78 is 11.2. The standard InChI is InChI=1S/C20H27NO3/c1-23-15-8-6-14(7-9-15)18-5-3-2-4-12-21(18)20(22)17-13-16-10-11-19(17)24-16/h6-9,16-19H,2-5,10-13H2,1H3. The SMILES string of the molecule is COc1ccc(C2CCCCCN2C(=O)C2CC3CCC2O3)cc1. The molecule has 0 saturated carbocycles. The maximum atomic E-state index is 13.3. The Bertz CT molecular complexity index is 585. The number of hydrogen-bond donors (Lipinski definition) is 0. The van der Waals surface area contributed by atoms with Crippen LogP contribution in [0.1, 0.15) is 56.6 Å². The largest absolute Gasteiger partial charge is 0.497 e. The van der Waals surface area contributed by atoms with E-state index in [-0.39, 0.29) is 18.1 Å². The number of nitrogens with zero attached hydrogens (tertiary/aromatic N) is 1. The highest BCUT2D eigenvalue weighted by atomic mass is 16.5. The number of rotatable bonds is 3. The Morgan fingerprint density at radius 2 is 1.96 bits per heavy atom. The van der Waals surface area contributed by atoms with Crippen LogP contribution < -0.4 is 4.74 Å². The fraction of sp³-hybridized carbons (Fsp3) is 0.650. The molecular formula is C20H27NO3. The molecule has 1 aromatic carbocycles. The van der Waals surface area contributed by atoms with Crippen LogP contribution in [0, 0.1) is 5.92 Å². The van der Waals surface area contributed by atoms with E-state index in [4.69, 9.17) is 9.47 Å². The van der Waals surface area contributed by atoms with Gasteiger partial charge in [0.1, 0.15) is 5.75 Å². The number of carbonyl (C=O) groups excluding carboxylic acids is 1. The van der Waals surface area contributed by atoms with Crippen LogP contribution >= 0.6 is 0 Å². The molecule has 3 saturated heterocycles. The Balaban J connectivity index is 1.56. The van der Waals surface area contributed by atoms with E-state index in [9.17, 15) is 4.79 Å². The minimum Gasteiger partial charge on any atom is -0.497 e. The predicted octanol–water partition coefficient (Wildman–Crippen LogP) is 3.71. The van der Waals surface area contributed by atoms with Crippen molar-refractivity contribution < 1.29 is 14.3 Å². The van der Waals surface area contributed by atoms with Crippen LogP contribution in [0.2, 0.25) is 0 Å². The molecule has 4 unspecified atom stereocenters.